The summed E-state index contributed by atoms with van der Waals surface area (Å²) in [6.45, 7) is 2.63. The summed E-state index contributed by atoms with van der Waals surface area (Å²) in [5.41, 5.74) is 3.23. The minimum Gasteiger partial charge on any atom is -0.371 e. The van der Waals surface area contributed by atoms with Crippen molar-refractivity contribution >= 4 is 22.4 Å². The van der Waals surface area contributed by atoms with E-state index in [1.54, 1.807) is 12.1 Å². The lowest BCUT2D eigenvalue weighted by Gasteiger charge is -2.19. The third-order valence-corrected chi connectivity index (χ3v) is 4.70. The van der Waals surface area contributed by atoms with Gasteiger partial charge in [-0.1, -0.05) is 30.3 Å². The number of aromatic nitrogens is 2. The lowest BCUT2D eigenvalue weighted by atomic mass is 10.2. The molecule has 0 spiro atoms. The van der Waals surface area contributed by atoms with E-state index in [2.05, 4.69) is 44.5 Å². The number of rotatable bonds is 6. The lowest BCUT2D eigenvalue weighted by Crippen LogP contribution is -2.23. The summed E-state index contributed by atoms with van der Waals surface area (Å²) in [5, 5.41) is 3.99. The lowest BCUT2D eigenvalue weighted by molar-refractivity contribution is 0.141. The van der Waals surface area contributed by atoms with Gasteiger partial charge in [-0.15, -0.1) is 0 Å². The van der Waals surface area contributed by atoms with E-state index in [9.17, 15) is 8.78 Å². The third kappa shape index (κ3) is 3.31. The van der Waals surface area contributed by atoms with Crippen molar-refractivity contribution in [2.45, 2.75) is 19.3 Å². The number of alkyl halides is 2. The van der Waals surface area contributed by atoms with Crippen LogP contribution in [0.25, 0.3) is 10.9 Å². The van der Waals surface area contributed by atoms with Crippen LogP contribution >= 0.6 is 0 Å². The first kappa shape index (κ1) is 16.7. The molecule has 134 valence electrons. The van der Waals surface area contributed by atoms with Gasteiger partial charge in [-0.3, -0.25) is 0 Å². The Balaban J connectivity index is 1.42. The fourth-order valence-electron chi connectivity index (χ4n) is 3.44. The first-order valence-corrected chi connectivity index (χ1v) is 8.84. The van der Waals surface area contributed by atoms with Crippen LogP contribution in [0.3, 0.4) is 0 Å². The normalized spacial score (nSPS) is 13.4. The molecule has 26 heavy (non-hydrogen) atoms. The average molecular weight is 354 g/mol. The second-order valence-corrected chi connectivity index (χ2v) is 6.39. The van der Waals surface area contributed by atoms with Gasteiger partial charge in [0.1, 0.15) is 5.82 Å². The second-order valence-electron chi connectivity index (χ2n) is 6.39. The van der Waals surface area contributed by atoms with Crippen molar-refractivity contribution < 1.29 is 8.78 Å². The van der Waals surface area contributed by atoms with E-state index in [0.29, 0.717) is 17.9 Å². The van der Waals surface area contributed by atoms with Gasteiger partial charge in [0.15, 0.2) is 5.82 Å². The van der Waals surface area contributed by atoms with Crippen molar-refractivity contribution in [2.75, 3.05) is 29.9 Å². The molecule has 1 N–H and O–H groups in total. The van der Waals surface area contributed by atoms with E-state index < -0.39 is 12.2 Å². The molecular formula is C20H20F2N4. The molecule has 1 aliphatic rings. The molecule has 0 saturated heterocycles. The monoisotopic (exact) mass is 354 g/mol. The highest BCUT2D eigenvalue weighted by Gasteiger charge is 2.18. The van der Waals surface area contributed by atoms with Gasteiger partial charge in [0.25, 0.3) is 6.43 Å². The zero-order chi connectivity index (χ0) is 17.9. The van der Waals surface area contributed by atoms with Crippen LogP contribution in [0.5, 0.6) is 0 Å². The fraction of sp³-hybridized carbons (Fsp3) is 0.300. The quantitative estimate of drug-likeness (QED) is 0.665. The topological polar surface area (TPSA) is 41.1 Å². The minimum absolute atomic E-state index is 0.431. The van der Waals surface area contributed by atoms with Crippen LogP contribution in [0, 0.1) is 0 Å². The van der Waals surface area contributed by atoms with E-state index in [1.165, 1.54) is 11.3 Å². The van der Waals surface area contributed by atoms with Crippen molar-refractivity contribution in [3.8, 4) is 0 Å². The van der Waals surface area contributed by atoms with Crippen molar-refractivity contribution in [1.29, 1.82) is 0 Å². The molecular weight excluding hydrogens is 334 g/mol. The number of fused-ring (bicyclic) bond motifs is 2. The maximum absolute atomic E-state index is 13.0. The largest absolute Gasteiger partial charge is 0.371 e. The Kier molecular flexibility index (Phi) is 4.65. The number of nitrogens with zero attached hydrogens (tertiary/aromatic N) is 3. The maximum Gasteiger partial charge on any atom is 0.297 e. The van der Waals surface area contributed by atoms with Crippen LogP contribution in [-0.2, 0) is 6.42 Å². The number of anilines is 2. The van der Waals surface area contributed by atoms with Gasteiger partial charge >= 0.3 is 0 Å². The maximum atomic E-state index is 13.0. The average Bonchev–Trinajstić information content (AvgIpc) is 3.08. The number of para-hydroxylation sites is 2. The van der Waals surface area contributed by atoms with Crippen molar-refractivity contribution in [3.05, 3.63) is 59.9 Å². The Morgan fingerprint density at radius 1 is 1.04 bits per heavy atom. The Hall–Kier alpha value is -2.76. The van der Waals surface area contributed by atoms with Crippen molar-refractivity contribution in [2.24, 2.45) is 0 Å². The van der Waals surface area contributed by atoms with E-state index in [0.717, 1.165) is 31.3 Å². The van der Waals surface area contributed by atoms with Gasteiger partial charge in [-0.25, -0.2) is 18.7 Å². The molecule has 4 rings (SSSR count). The van der Waals surface area contributed by atoms with Crippen LogP contribution in [0.2, 0.25) is 0 Å². The molecule has 0 aliphatic carbocycles. The van der Waals surface area contributed by atoms with Crippen LogP contribution in [0.15, 0.2) is 48.5 Å². The molecule has 2 aromatic carbocycles. The molecule has 6 heteroatoms. The first-order chi connectivity index (χ1) is 12.7. The van der Waals surface area contributed by atoms with E-state index in [-0.39, 0.29) is 0 Å². The molecule has 0 fully saturated rings. The molecule has 2 heterocycles. The highest BCUT2D eigenvalue weighted by Crippen LogP contribution is 2.27. The first-order valence-electron chi connectivity index (χ1n) is 8.84. The molecule has 0 radical (unpaired) electrons. The summed E-state index contributed by atoms with van der Waals surface area (Å²) < 4.78 is 26.1. The van der Waals surface area contributed by atoms with Crippen LogP contribution in [-0.4, -0.2) is 29.6 Å². The smallest absolute Gasteiger partial charge is 0.297 e. The molecule has 0 saturated carbocycles. The SMILES string of the molecule is FC(F)c1nc(NCCCN2CCc3ccccc32)c2ccccc2n1. The number of nitrogens with one attached hydrogen (secondary N) is 1. The molecule has 0 unspecified atom stereocenters. The molecule has 3 aromatic rings. The van der Waals surface area contributed by atoms with Crippen LogP contribution in [0.1, 0.15) is 24.2 Å². The van der Waals surface area contributed by atoms with Gasteiger partial charge < -0.3 is 10.2 Å². The summed E-state index contributed by atoms with van der Waals surface area (Å²) in [5.74, 6) is 0.0485. The molecule has 1 aromatic heterocycles. The van der Waals surface area contributed by atoms with Crippen LogP contribution in [0.4, 0.5) is 20.3 Å². The van der Waals surface area contributed by atoms with Gasteiger partial charge in [-0.05, 0) is 36.6 Å². The Morgan fingerprint density at radius 2 is 1.85 bits per heavy atom. The predicted octanol–water partition coefficient (Wildman–Crippen LogP) is 4.43. The Bertz CT molecular complexity index is 913. The van der Waals surface area contributed by atoms with E-state index in [1.807, 2.05) is 12.1 Å². The molecule has 1 aliphatic heterocycles. The summed E-state index contributed by atoms with van der Waals surface area (Å²) in [6.07, 6.45) is -0.699. The van der Waals surface area contributed by atoms with Crippen molar-refractivity contribution in [3.63, 3.8) is 0 Å². The highest BCUT2D eigenvalue weighted by molar-refractivity contribution is 5.89. The van der Waals surface area contributed by atoms with E-state index in [4.69, 9.17) is 0 Å². The van der Waals surface area contributed by atoms with Gasteiger partial charge in [0.05, 0.1) is 5.52 Å². The van der Waals surface area contributed by atoms with Gasteiger partial charge in [0.2, 0.25) is 0 Å². The van der Waals surface area contributed by atoms with Crippen LogP contribution < -0.4 is 10.2 Å². The summed E-state index contributed by atoms with van der Waals surface area (Å²) in [6, 6.07) is 15.7. The van der Waals surface area contributed by atoms with Gasteiger partial charge in [-0.2, -0.15) is 0 Å². The standard InChI is InChI=1S/C20H20F2N4/c21-18(22)20-24-16-8-3-2-7-15(16)19(25-20)23-11-5-12-26-13-10-14-6-1-4-9-17(14)26/h1-4,6-9,18H,5,10-13H2,(H,23,24,25). The van der Waals surface area contributed by atoms with Gasteiger partial charge in [0, 0.05) is 30.7 Å². The Labute approximate surface area is 150 Å². The second kappa shape index (κ2) is 7.23. The molecule has 0 amide bonds. The minimum atomic E-state index is -2.68. The molecule has 4 nitrogen and oxygen atoms in total. The number of hydrogen-bond donors (Lipinski definition) is 1. The Morgan fingerprint density at radius 3 is 2.73 bits per heavy atom. The predicted molar refractivity (Wildman–Crippen MR) is 100.0 cm³/mol. The molecule has 0 bridgehead atoms. The van der Waals surface area contributed by atoms with Crippen molar-refractivity contribution in [1.82, 2.24) is 9.97 Å². The fourth-order valence-corrected chi connectivity index (χ4v) is 3.44. The summed E-state index contributed by atoms with van der Waals surface area (Å²) >= 11 is 0. The number of hydrogen-bond acceptors (Lipinski definition) is 4. The molecule has 0 atom stereocenters. The van der Waals surface area contributed by atoms with E-state index >= 15 is 0 Å². The zero-order valence-corrected chi connectivity index (χ0v) is 14.3. The third-order valence-electron chi connectivity index (χ3n) is 4.70. The summed E-state index contributed by atoms with van der Waals surface area (Å²) in [7, 11) is 0. The summed E-state index contributed by atoms with van der Waals surface area (Å²) in [4.78, 5) is 10.3. The number of benzene rings is 2. The zero-order valence-electron chi connectivity index (χ0n) is 14.3. The number of halogens is 2. The highest BCUT2D eigenvalue weighted by atomic mass is 19.3.